The van der Waals surface area contributed by atoms with E-state index in [1.807, 2.05) is 41.9 Å². The van der Waals surface area contributed by atoms with Crippen molar-refractivity contribution in [1.82, 2.24) is 25.4 Å². The summed E-state index contributed by atoms with van der Waals surface area (Å²) < 4.78 is 7.59. The van der Waals surface area contributed by atoms with Crippen LogP contribution in [-0.2, 0) is 17.7 Å². The van der Waals surface area contributed by atoms with Gasteiger partial charge in [-0.1, -0.05) is 30.3 Å². The molecule has 0 unspecified atom stereocenters. The molecule has 24 heavy (non-hydrogen) atoms. The van der Waals surface area contributed by atoms with Crippen molar-refractivity contribution in [3.63, 3.8) is 0 Å². The number of amides is 2. The van der Waals surface area contributed by atoms with E-state index in [9.17, 15) is 4.79 Å². The maximum Gasteiger partial charge on any atom is 0.315 e. The summed E-state index contributed by atoms with van der Waals surface area (Å²) in [6.07, 6.45) is 3.12. The van der Waals surface area contributed by atoms with Gasteiger partial charge in [0.2, 0.25) is 0 Å². The molecule has 2 heterocycles. The van der Waals surface area contributed by atoms with E-state index < -0.39 is 0 Å². The minimum atomic E-state index is -0.177. The minimum absolute atomic E-state index is 0.0708. The molecule has 0 spiro atoms. The molecule has 7 heteroatoms. The van der Waals surface area contributed by atoms with Gasteiger partial charge in [-0.05, 0) is 18.9 Å². The van der Waals surface area contributed by atoms with Crippen LogP contribution in [0.2, 0.25) is 0 Å². The summed E-state index contributed by atoms with van der Waals surface area (Å²) in [6.45, 7) is 3.65. The lowest BCUT2D eigenvalue weighted by atomic mass is 10.1. The van der Waals surface area contributed by atoms with Gasteiger partial charge in [-0.25, -0.2) is 14.5 Å². The van der Waals surface area contributed by atoms with Crippen molar-refractivity contribution in [2.24, 2.45) is 0 Å². The van der Waals surface area contributed by atoms with Crippen molar-refractivity contribution in [3.8, 4) is 0 Å². The topological polar surface area (TPSA) is 81.1 Å². The Morgan fingerprint density at radius 3 is 3.04 bits per heavy atom. The second-order valence-electron chi connectivity index (χ2n) is 5.80. The molecule has 2 aromatic rings. The van der Waals surface area contributed by atoms with Gasteiger partial charge in [0, 0.05) is 19.6 Å². The van der Waals surface area contributed by atoms with Gasteiger partial charge in [-0.15, -0.1) is 0 Å². The second kappa shape index (κ2) is 7.92. The number of aryl methyl sites for hydroxylation is 1. The average Bonchev–Trinajstić information content (AvgIpc) is 3.07. The molecule has 1 aromatic carbocycles. The number of carbonyl (C=O) groups excluding carboxylic acids is 1. The maximum absolute atomic E-state index is 12.2. The predicted octanol–water partition coefficient (Wildman–Crippen LogP) is 1.67. The van der Waals surface area contributed by atoms with E-state index in [0.29, 0.717) is 19.7 Å². The fraction of sp³-hybridized carbons (Fsp3) is 0.471. The van der Waals surface area contributed by atoms with Crippen molar-refractivity contribution in [2.45, 2.75) is 38.5 Å². The van der Waals surface area contributed by atoms with E-state index in [1.165, 1.54) is 0 Å². The third-order valence-corrected chi connectivity index (χ3v) is 4.13. The van der Waals surface area contributed by atoms with Gasteiger partial charge >= 0.3 is 6.03 Å². The molecule has 1 aromatic heterocycles. The zero-order valence-electron chi connectivity index (χ0n) is 13.8. The second-order valence-corrected chi connectivity index (χ2v) is 5.80. The molecule has 2 N–H and O–H groups in total. The molecule has 0 saturated carbocycles. The van der Waals surface area contributed by atoms with Crippen LogP contribution in [0, 0.1) is 0 Å². The Kier molecular flexibility index (Phi) is 5.43. The molecule has 0 saturated heterocycles. The number of nitrogens with zero attached hydrogens (tertiary/aromatic N) is 3. The van der Waals surface area contributed by atoms with Gasteiger partial charge in [-0.2, -0.15) is 5.10 Å². The van der Waals surface area contributed by atoms with Crippen LogP contribution in [-0.4, -0.2) is 40.0 Å². The Labute approximate surface area is 141 Å². The first-order valence-corrected chi connectivity index (χ1v) is 8.34. The number of rotatable bonds is 6. The number of nitrogens with one attached hydrogen (secondary N) is 2. The Morgan fingerprint density at radius 1 is 1.42 bits per heavy atom. The van der Waals surface area contributed by atoms with Gasteiger partial charge in [0.25, 0.3) is 0 Å². The third kappa shape index (κ3) is 4.11. The van der Waals surface area contributed by atoms with E-state index in [-0.39, 0.29) is 18.2 Å². The highest BCUT2D eigenvalue weighted by Crippen LogP contribution is 2.16. The van der Waals surface area contributed by atoms with Crippen LogP contribution in [0.25, 0.3) is 0 Å². The van der Waals surface area contributed by atoms with Crippen molar-refractivity contribution < 1.29 is 9.53 Å². The highest BCUT2D eigenvalue weighted by molar-refractivity contribution is 5.74. The van der Waals surface area contributed by atoms with Gasteiger partial charge in [0.1, 0.15) is 12.2 Å². The summed E-state index contributed by atoms with van der Waals surface area (Å²) >= 11 is 0. The molecule has 0 fully saturated rings. The number of benzene rings is 1. The van der Waals surface area contributed by atoms with Crippen molar-refractivity contribution in [3.05, 3.63) is 48.0 Å². The van der Waals surface area contributed by atoms with Gasteiger partial charge in [0.15, 0.2) is 0 Å². The first-order valence-electron chi connectivity index (χ1n) is 8.34. The molecule has 2 atom stereocenters. The normalized spacial score (nSPS) is 17.8. The van der Waals surface area contributed by atoms with Gasteiger partial charge in [-0.3, -0.25) is 0 Å². The third-order valence-electron chi connectivity index (χ3n) is 4.13. The lowest BCUT2D eigenvalue weighted by Gasteiger charge is -2.24. The molecule has 1 aliphatic rings. The van der Waals surface area contributed by atoms with E-state index in [2.05, 4.69) is 20.7 Å². The van der Waals surface area contributed by atoms with E-state index >= 15 is 0 Å². The first-order chi connectivity index (χ1) is 11.8. The highest BCUT2D eigenvalue weighted by atomic mass is 16.5. The maximum atomic E-state index is 12.2. The molecular weight excluding hydrogens is 306 g/mol. The van der Waals surface area contributed by atoms with E-state index in [1.54, 1.807) is 6.33 Å². The molecule has 128 valence electrons. The zero-order chi connectivity index (χ0) is 16.8. The quantitative estimate of drug-likeness (QED) is 0.845. The number of fused-ring (bicyclic) bond motifs is 1. The summed E-state index contributed by atoms with van der Waals surface area (Å²) in [5.41, 5.74) is 1.06. The molecule has 0 bridgehead atoms. The molecular formula is C17H23N5O2. The molecule has 7 nitrogen and oxygen atoms in total. The minimum Gasteiger partial charge on any atom is -0.372 e. The van der Waals surface area contributed by atoms with Crippen LogP contribution in [0.15, 0.2) is 36.7 Å². The Hall–Kier alpha value is -2.41. The zero-order valence-corrected chi connectivity index (χ0v) is 13.8. The van der Waals surface area contributed by atoms with Crippen LogP contribution in [0.5, 0.6) is 0 Å². The fourth-order valence-electron chi connectivity index (χ4n) is 2.92. The number of hydrogen-bond donors (Lipinski definition) is 2. The molecule has 0 radical (unpaired) electrons. The lowest BCUT2D eigenvalue weighted by Crippen LogP contribution is -2.47. The highest BCUT2D eigenvalue weighted by Gasteiger charge is 2.21. The molecule has 3 rings (SSSR count). The summed E-state index contributed by atoms with van der Waals surface area (Å²) in [4.78, 5) is 16.4. The Bertz CT molecular complexity index is 658. The number of aromatic nitrogens is 3. The van der Waals surface area contributed by atoms with Crippen LogP contribution < -0.4 is 10.6 Å². The number of urea groups is 1. The van der Waals surface area contributed by atoms with Crippen molar-refractivity contribution in [1.29, 1.82) is 0 Å². The molecule has 2 amide bonds. The fourth-order valence-corrected chi connectivity index (χ4v) is 2.92. The van der Waals surface area contributed by atoms with Gasteiger partial charge in [0.05, 0.1) is 18.7 Å². The SMILES string of the molecule is CCO[C@H](CNC(=O)N[C@H]1CCc2ncnn2C1)c1ccccc1. The molecule has 0 aliphatic carbocycles. The van der Waals surface area contributed by atoms with Crippen molar-refractivity contribution >= 4 is 6.03 Å². The van der Waals surface area contributed by atoms with E-state index in [0.717, 1.165) is 24.2 Å². The standard InChI is InChI=1S/C17H23N5O2/c1-2-24-15(13-6-4-3-5-7-13)10-18-17(23)21-14-8-9-16-19-12-20-22(16)11-14/h3-7,12,14-15H,2,8-11H2,1H3,(H2,18,21,23)/t14-,15+/m0/s1. The number of hydrogen-bond acceptors (Lipinski definition) is 4. The number of carbonyl (C=O) groups is 1. The van der Waals surface area contributed by atoms with E-state index in [4.69, 9.17) is 4.74 Å². The summed E-state index contributed by atoms with van der Waals surface area (Å²) in [5.74, 6) is 0.981. The van der Waals surface area contributed by atoms with Crippen molar-refractivity contribution in [2.75, 3.05) is 13.2 Å². The summed E-state index contributed by atoms with van der Waals surface area (Å²) in [6, 6.07) is 9.82. The first kappa shape index (κ1) is 16.4. The monoisotopic (exact) mass is 329 g/mol. The van der Waals surface area contributed by atoms with Crippen LogP contribution in [0.1, 0.15) is 30.8 Å². The van der Waals surface area contributed by atoms with Crippen LogP contribution >= 0.6 is 0 Å². The summed E-state index contributed by atoms with van der Waals surface area (Å²) in [5, 5.41) is 10.1. The Balaban J connectivity index is 1.49. The lowest BCUT2D eigenvalue weighted by molar-refractivity contribution is 0.0638. The molecule has 1 aliphatic heterocycles. The summed E-state index contributed by atoms with van der Waals surface area (Å²) in [7, 11) is 0. The predicted molar refractivity (Wildman–Crippen MR) is 89.5 cm³/mol. The average molecular weight is 329 g/mol. The van der Waals surface area contributed by atoms with Crippen LogP contribution in [0.4, 0.5) is 4.79 Å². The number of ether oxygens (including phenoxy) is 1. The van der Waals surface area contributed by atoms with Gasteiger partial charge < -0.3 is 15.4 Å². The smallest absolute Gasteiger partial charge is 0.315 e. The van der Waals surface area contributed by atoms with Crippen LogP contribution in [0.3, 0.4) is 0 Å². The Morgan fingerprint density at radius 2 is 2.25 bits per heavy atom. The largest absolute Gasteiger partial charge is 0.372 e.